The number of aromatic nitrogens is 2. The Morgan fingerprint density at radius 1 is 0.719 bits per heavy atom. The molecule has 0 saturated heterocycles. The van der Waals surface area contributed by atoms with E-state index in [9.17, 15) is 9.59 Å². The lowest BCUT2D eigenvalue weighted by Gasteiger charge is -2.06. The molecule has 32 heavy (non-hydrogen) atoms. The monoisotopic (exact) mass is 416 g/mol. The Bertz CT molecular complexity index is 1430. The quantitative estimate of drug-likeness (QED) is 0.342. The zero-order valence-electron chi connectivity index (χ0n) is 17.5. The summed E-state index contributed by atoms with van der Waals surface area (Å²) >= 11 is 0. The minimum atomic E-state index is -0.152. The first-order chi connectivity index (χ1) is 15.6. The second-order valence-electron chi connectivity index (χ2n) is 7.73. The number of carbonyl (C=O) groups is 2. The Labute approximate surface area is 185 Å². The van der Waals surface area contributed by atoms with Gasteiger partial charge in [-0.3, -0.25) is 14.0 Å². The van der Waals surface area contributed by atoms with Gasteiger partial charge < -0.3 is 0 Å². The van der Waals surface area contributed by atoms with Gasteiger partial charge in [0.15, 0.2) is 5.78 Å². The van der Waals surface area contributed by atoms with Crippen molar-refractivity contribution >= 4 is 17.1 Å². The third-order valence-corrected chi connectivity index (χ3v) is 5.56. The first kappa shape index (κ1) is 19.6. The molecule has 2 heterocycles. The summed E-state index contributed by atoms with van der Waals surface area (Å²) in [5.41, 5.74) is 5.46. The van der Waals surface area contributed by atoms with Gasteiger partial charge in [-0.05, 0) is 19.1 Å². The molecule has 5 rings (SSSR count). The average Bonchev–Trinajstić information content (AvgIpc) is 3.23. The summed E-state index contributed by atoms with van der Waals surface area (Å²) in [5.74, 6) is -0.280. The molecule has 0 atom stereocenters. The molecule has 0 aliphatic carbocycles. The fourth-order valence-electron chi connectivity index (χ4n) is 3.82. The number of hydrogen-bond acceptors (Lipinski definition) is 3. The molecule has 154 valence electrons. The molecule has 0 spiro atoms. The summed E-state index contributed by atoms with van der Waals surface area (Å²) in [6.07, 6.45) is 1.63. The SMILES string of the molecule is Cc1ccc(C(=O)c2cc(C(=O)c3ccccc3)c3cc(-c4ccccc4)ncn23)cc1. The van der Waals surface area contributed by atoms with Crippen molar-refractivity contribution in [3.05, 3.63) is 131 Å². The van der Waals surface area contributed by atoms with Crippen LogP contribution in [0, 0.1) is 6.92 Å². The van der Waals surface area contributed by atoms with Crippen LogP contribution >= 0.6 is 0 Å². The number of hydrogen-bond donors (Lipinski definition) is 0. The molecule has 0 unspecified atom stereocenters. The Morgan fingerprint density at radius 3 is 2.03 bits per heavy atom. The number of nitrogens with zero attached hydrogens (tertiary/aromatic N) is 2. The van der Waals surface area contributed by atoms with Crippen molar-refractivity contribution in [1.82, 2.24) is 9.38 Å². The van der Waals surface area contributed by atoms with Gasteiger partial charge in [-0.15, -0.1) is 0 Å². The number of fused-ring (bicyclic) bond motifs is 1. The van der Waals surface area contributed by atoms with Crippen molar-refractivity contribution in [1.29, 1.82) is 0 Å². The molecule has 0 aliphatic rings. The summed E-state index contributed by atoms with van der Waals surface area (Å²) in [4.78, 5) is 31.3. The van der Waals surface area contributed by atoms with Crippen LogP contribution in [-0.4, -0.2) is 21.0 Å². The standard InChI is InChI=1S/C28H20N2O2/c1-19-12-14-22(15-13-19)28(32)26-16-23(27(31)21-10-6-3-7-11-21)25-17-24(29-18-30(25)26)20-8-4-2-5-9-20/h2-18H,1H3. The highest BCUT2D eigenvalue weighted by Gasteiger charge is 2.22. The predicted octanol–water partition coefficient (Wildman–Crippen LogP) is 5.77. The van der Waals surface area contributed by atoms with E-state index in [1.54, 1.807) is 28.9 Å². The summed E-state index contributed by atoms with van der Waals surface area (Å²) in [6.45, 7) is 1.98. The number of rotatable bonds is 5. The number of ketones is 2. The fraction of sp³-hybridized carbons (Fsp3) is 0.0357. The fourth-order valence-corrected chi connectivity index (χ4v) is 3.82. The maximum Gasteiger partial charge on any atom is 0.209 e. The molecular formula is C28H20N2O2. The van der Waals surface area contributed by atoms with E-state index in [1.165, 1.54) is 0 Å². The van der Waals surface area contributed by atoms with Gasteiger partial charge in [0.1, 0.15) is 6.33 Å². The molecule has 0 saturated carbocycles. The van der Waals surface area contributed by atoms with E-state index in [4.69, 9.17) is 0 Å². The number of carbonyl (C=O) groups excluding carboxylic acids is 2. The molecule has 0 N–H and O–H groups in total. The maximum absolute atomic E-state index is 13.4. The first-order valence-electron chi connectivity index (χ1n) is 10.4. The third-order valence-electron chi connectivity index (χ3n) is 5.56. The lowest BCUT2D eigenvalue weighted by atomic mass is 10.0. The summed E-state index contributed by atoms with van der Waals surface area (Å²) in [7, 11) is 0. The lowest BCUT2D eigenvalue weighted by molar-refractivity contribution is 0.103. The minimum Gasteiger partial charge on any atom is -0.296 e. The van der Waals surface area contributed by atoms with E-state index in [2.05, 4.69) is 4.98 Å². The Hall–Kier alpha value is -4.31. The van der Waals surface area contributed by atoms with Crippen LogP contribution in [0.1, 0.15) is 37.5 Å². The Kier molecular flexibility index (Phi) is 4.96. The Morgan fingerprint density at radius 2 is 1.34 bits per heavy atom. The lowest BCUT2D eigenvalue weighted by Crippen LogP contribution is -2.05. The second kappa shape index (κ2) is 8.08. The normalized spacial score (nSPS) is 10.9. The highest BCUT2D eigenvalue weighted by Crippen LogP contribution is 2.26. The van der Waals surface area contributed by atoms with Gasteiger partial charge in [0, 0.05) is 22.3 Å². The molecule has 3 aromatic carbocycles. The van der Waals surface area contributed by atoms with Crippen molar-refractivity contribution in [2.24, 2.45) is 0 Å². The average molecular weight is 416 g/mol. The van der Waals surface area contributed by atoms with Gasteiger partial charge in [0.25, 0.3) is 0 Å². The van der Waals surface area contributed by atoms with E-state index in [0.29, 0.717) is 27.9 Å². The topological polar surface area (TPSA) is 51.4 Å². The van der Waals surface area contributed by atoms with Crippen molar-refractivity contribution in [2.45, 2.75) is 6.92 Å². The van der Waals surface area contributed by atoms with Crippen LogP contribution in [0.4, 0.5) is 0 Å². The van der Waals surface area contributed by atoms with Crippen LogP contribution in [0.25, 0.3) is 16.8 Å². The zero-order valence-corrected chi connectivity index (χ0v) is 17.5. The van der Waals surface area contributed by atoms with E-state index in [-0.39, 0.29) is 11.6 Å². The van der Waals surface area contributed by atoms with Crippen molar-refractivity contribution < 1.29 is 9.59 Å². The van der Waals surface area contributed by atoms with E-state index in [0.717, 1.165) is 16.8 Å². The largest absolute Gasteiger partial charge is 0.296 e. The molecule has 0 amide bonds. The van der Waals surface area contributed by atoms with Crippen LogP contribution in [0.15, 0.2) is 103 Å². The van der Waals surface area contributed by atoms with Gasteiger partial charge in [-0.2, -0.15) is 0 Å². The molecule has 5 aromatic rings. The van der Waals surface area contributed by atoms with Crippen LogP contribution in [-0.2, 0) is 0 Å². The van der Waals surface area contributed by atoms with Gasteiger partial charge in [-0.1, -0.05) is 90.5 Å². The smallest absolute Gasteiger partial charge is 0.209 e. The Balaban J connectivity index is 1.70. The van der Waals surface area contributed by atoms with Crippen LogP contribution in [0.3, 0.4) is 0 Å². The molecule has 0 radical (unpaired) electrons. The summed E-state index contributed by atoms with van der Waals surface area (Å²) < 4.78 is 1.71. The molecule has 0 aliphatic heterocycles. The molecule has 0 bridgehead atoms. The van der Waals surface area contributed by atoms with E-state index < -0.39 is 0 Å². The van der Waals surface area contributed by atoms with E-state index in [1.807, 2.05) is 85.8 Å². The highest BCUT2D eigenvalue weighted by molar-refractivity contribution is 6.17. The van der Waals surface area contributed by atoms with Crippen molar-refractivity contribution in [2.75, 3.05) is 0 Å². The van der Waals surface area contributed by atoms with Crippen molar-refractivity contribution in [3.63, 3.8) is 0 Å². The second-order valence-corrected chi connectivity index (χ2v) is 7.73. The van der Waals surface area contributed by atoms with E-state index >= 15 is 0 Å². The van der Waals surface area contributed by atoms with Gasteiger partial charge in [0.05, 0.1) is 16.9 Å². The van der Waals surface area contributed by atoms with Gasteiger partial charge >= 0.3 is 0 Å². The third kappa shape index (κ3) is 3.52. The molecule has 0 fully saturated rings. The molecular weight excluding hydrogens is 396 g/mol. The highest BCUT2D eigenvalue weighted by atomic mass is 16.1. The van der Waals surface area contributed by atoms with Gasteiger partial charge in [-0.25, -0.2) is 4.98 Å². The number of aryl methyl sites for hydroxylation is 1. The molecule has 4 nitrogen and oxygen atoms in total. The van der Waals surface area contributed by atoms with Gasteiger partial charge in [0.2, 0.25) is 5.78 Å². The van der Waals surface area contributed by atoms with Crippen LogP contribution in [0.5, 0.6) is 0 Å². The maximum atomic E-state index is 13.4. The molecule has 4 heteroatoms. The predicted molar refractivity (Wildman–Crippen MR) is 125 cm³/mol. The van der Waals surface area contributed by atoms with Crippen LogP contribution in [0.2, 0.25) is 0 Å². The first-order valence-corrected chi connectivity index (χ1v) is 10.4. The molecule has 2 aromatic heterocycles. The van der Waals surface area contributed by atoms with Crippen LogP contribution < -0.4 is 0 Å². The summed E-state index contributed by atoms with van der Waals surface area (Å²) in [6, 6.07) is 29.9. The summed E-state index contributed by atoms with van der Waals surface area (Å²) in [5, 5.41) is 0. The minimum absolute atomic E-state index is 0.128. The zero-order chi connectivity index (χ0) is 22.1. The number of benzene rings is 3. The van der Waals surface area contributed by atoms with Crippen molar-refractivity contribution in [3.8, 4) is 11.3 Å².